The molecule has 6 heteroatoms. The maximum Gasteiger partial charge on any atom is 0.254 e. The number of benzene rings is 2. The number of carbonyl (C=O) groups is 2. The number of nitrogens with zero attached hydrogens (tertiary/aromatic N) is 1. The number of hydrogen-bond acceptors (Lipinski definition) is 3. The monoisotopic (exact) mass is 396 g/mol. The zero-order valence-electron chi connectivity index (χ0n) is 14.6. The van der Waals surface area contributed by atoms with Crippen molar-refractivity contribution >= 4 is 40.4 Å². The lowest BCUT2D eigenvalue weighted by Gasteiger charge is -2.39. The molecule has 0 fully saturated rings. The SMILES string of the molecule is CN1C(=O)c2ccccc2[C@@H](C(=O)Nc2ccc(Cl)cc2)[C@@H]1c1cccs1. The van der Waals surface area contributed by atoms with E-state index < -0.39 is 5.92 Å². The summed E-state index contributed by atoms with van der Waals surface area (Å²) >= 11 is 7.48. The number of anilines is 1. The van der Waals surface area contributed by atoms with Crippen molar-refractivity contribution in [1.29, 1.82) is 0 Å². The highest BCUT2D eigenvalue weighted by Crippen LogP contribution is 2.43. The molecular weight excluding hydrogens is 380 g/mol. The average Bonchev–Trinajstić information content (AvgIpc) is 3.20. The van der Waals surface area contributed by atoms with E-state index in [0.717, 1.165) is 10.4 Å². The molecule has 0 spiro atoms. The van der Waals surface area contributed by atoms with Crippen LogP contribution in [0.25, 0.3) is 0 Å². The van der Waals surface area contributed by atoms with Gasteiger partial charge in [0.15, 0.2) is 0 Å². The number of hydrogen-bond donors (Lipinski definition) is 1. The van der Waals surface area contributed by atoms with Crippen LogP contribution in [0.5, 0.6) is 0 Å². The minimum Gasteiger partial charge on any atom is -0.333 e. The van der Waals surface area contributed by atoms with Crippen LogP contribution in [0.3, 0.4) is 0 Å². The van der Waals surface area contributed by atoms with E-state index in [1.54, 1.807) is 53.6 Å². The third kappa shape index (κ3) is 3.24. The van der Waals surface area contributed by atoms with Crippen LogP contribution in [-0.4, -0.2) is 23.8 Å². The largest absolute Gasteiger partial charge is 0.333 e. The molecule has 0 radical (unpaired) electrons. The lowest BCUT2D eigenvalue weighted by molar-refractivity contribution is -0.119. The predicted octanol–water partition coefficient (Wildman–Crippen LogP) is 4.95. The third-order valence-corrected chi connectivity index (χ3v) is 6.00. The summed E-state index contributed by atoms with van der Waals surface area (Å²) in [6.07, 6.45) is 0. The van der Waals surface area contributed by atoms with Gasteiger partial charge >= 0.3 is 0 Å². The summed E-state index contributed by atoms with van der Waals surface area (Å²) in [5.74, 6) is -0.722. The van der Waals surface area contributed by atoms with Crippen LogP contribution in [0.4, 0.5) is 5.69 Å². The minimum absolute atomic E-state index is 0.0699. The highest BCUT2D eigenvalue weighted by atomic mass is 35.5. The Morgan fingerprint density at radius 2 is 1.81 bits per heavy atom. The summed E-state index contributed by atoms with van der Waals surface area (Å²) in [6, 6.07) is 17.9. The Bertz CT molecular complexity index is 986. The fraction of sp³-hybridized carbons (Fsp3) is 0.143. The molecule has 2 atom stereocenters. The molecule has 3 aromatic rings. The van der Waals surface area contributed by atoms with E-state index in [4.69, 9.17) is 11.6 Å². The van der Waals surface area contributed by atoms with Crippen molar-refractivity contribution in [3.63, 3.8) is 0 Å². The molecule has 136 valence electrons. The van der Waals surface area contributed by atoms with Gasteiger partial charge in [0.25, 0.3) is 5.91 Å². The van der Waals surface area contributed by atoms with Crippen LogP contribution in [0.1, 0.15) is 32.8 Å². The van der Waals surface area contributed by atoms with Gasteiger partial charge in [-0.25, -0.2) is 0 Å². The first-order valence-electron chi connectivity index (χ1n) is 8.52. The molecule has 0 bridgehead atoms. The maximum atomic E-state index is 13.3. The normalized spacial score (nSPS) is 18.9. The smallest absolute Gasteiger partial charge is 0.254 e. The highest BCUT2D eigenvalue weighted by molar-refractivity contribution is 7.10. The molecular formula is C21H17ClN2O2S. The Balaban J connectivity index is 1.78. The van der Waals surface area contributed by atoms with Gasteiger partial charge in [0.05, 0.1) is 12.0 Å². The van der Waals surface area contributed by atoms with Gasteiger partial charge in [-0.15, -0.1) is 11.3 Å². The molecule has 2 amide bonds. The molecule has 0 saturated carbocycles. The number of fused-ring (bicyclic) bond motifs is 1. The van der Waals surface area contributed by atoms with Crippen molar-refractivity contribution in [1.82, 2.24) is 4.90 Å². The van der Waals surface area contributed by atoms with Gasteiger partial charge < -0.3 is 10.2 Å². The van der Waals surface area contributed by atoms with E-state index in [2.05, 4.69) is 5.32 Å². The second-order valence-corrected chi connectivity index (χ2v) is 7.85. The van der Waals surface area contributed by atoms with E-state index in [1.165, 1.54) is 0 Å². The lowest BCUT2D eigenvalue weighted by Crippen LogP contribution is -2.43. The summed E-state index contributed by atoms with van der Waals surface area (Å²) in [5, 5.41) is 5.55. The zero-order valence-corrected chi connectivity index (χ0v) is 16.1. The van der Waals surface area contributed by atoms with Crippen LogP contribution in [0, 0.1) is 0 Å². The van der Waals surface area contributed by atoms with Crippen LogP contribution in [0.15, 0.2) is 66.0 Å². The van der Waals surface area contributed by atoms with Crippen LogP contribution in [-0.2, 0) is 4.79 Å². The van der Waals surface area contributed by atoms with Gasteiger partial charge in [0, 0.05) is 28.2 Å². The molecule has 27 heavy (non-hydrogen) atoms. The molecule has 0 aliphatic carbocycles. The topological polar surface area (TPSA) is 49.4 Å². The summed E-state index contributed by atoms with van der Waals surface area (Å²) in [5.41, 5.74) is 2.00. The number of halogens is 1. The summed E-state index contributed by atoms with van der Waals surface area (Å²) in [6.45, 7) is 0. The van der Waals surface area contributed by atoms with E-state index in [9.17, 15) is 9.59 Å². The standard InChI is InChI=1S/C21H17ClN2O2S/c1-24-19(17-7-4-12-27-17)18(15-5-2-3-6-16(15)21(24)26)20(25)23-14-10-8-13(22)9-11-14/h2-12,18-19H,1H3,(H,23,25)/t18-,19+/m1/s1. The van der Waals surface area contributed by atoms with Gasteiger partial charge in [0.1, 0.15) is 0 Å². The fourth-order valence-electron chi connectivity index (χ4n) is 3.53. The molecule has 4 nitrogen and oxygen atoms in total. The molecule has 1 N–H and O–H groups in total. The summed E-state index contributed by atoms with van der Waals surface area (Å²) < 4.78 is 0. The van der Waals surface area contributed by atoms with Crippen molar-refractivity contribution in [2.45, 2.75) is 12.0 Å². The van der Waals surface area contributed by atoms with E-state index in [0.29, 0.717) is 16.3 Å². The Morgan fingerprint density at radius 3 is 2.52 bits per heavy atom. The predicted molar refractivity (Wildman–Crippen MR) is 108 cm³/mol. The van der Waals surface area contributed by atoms with Gasteiger partial charge in [-0.05, 0) is 47.3 Å². The third-order valence-electron chi connectivity index (χ3n) is 4.81. The number of rotatable bonds is 3. The molecule has 2 aromatic carbocycles. The van der Waals surface area contributed by atoms with Crippen molar-refractivity contribution in [2.75, 3.05) is 12.4 Å². The Labute approximate surface area is 166 Å². The maximum absolute atomic E-state index is 13.3. The number of amides is 2. The van der Waals surface area contributed by atoms with Gasteiger partial charge in [-0.1, -0.05) is 35.9 Å². The lowest BCUT2D eigenvalue weighted by atomic mass is 9.81. The first kappa shape index (κ1) is 17.8. The van der Waals surface area contributed by atoms with Gasteiger partial charge in [-0.3, -0.25) is 9.59 Å². The molecule has 2 heterocycles. The number of carbonyl (C=O) groups excluding carboxylic acids is 2. The van der Waals surface area contributed by atoms with Gasteiger partial charge in [-0.2, -0.15) is 0 Å². The molecule has 0 saturated heterocycles. The van der Waals surface area contributed by atoms with Crippen molar-refractivity contribution < 1.29 is 9.59 Å². The molecule has 1 aromatic heterocycles. The number of likely N-dealkylation sites (N-methyl/N-ethyl adjacent to an activating group) is 1. The fourth-order valence-corrected chi connectivity index (χ4v) is 4.56. The summed E-state index contributed by atoms with van der Waals surface area (Å²) in [7, 11) is 1.76. The Hall–Kier alpha value is -2.63. The van der Waals surface area contributed by atoms with Crippen molar-refractivity contribution in [3.8, 4) is 0 Å². The second kappa shape index (κ2) is 7.18. The number of nitrogens with one attached hydrogen (secondary N) is 1. The van der Waals surface area contributed by atoms with Gasteiger partial charge in [0.2, 0.25) is 5.91 Å². The first-order chi connectivity index (χ1) is 13.1. The van der Waals surface area contributed by atoms with Crippen molar-refractivity contribution in [2.24, 2.45) is 0 Å². The quantitative estimate of drug-likeness (QED) is 0.680. The molecule has 1 aliphatic rings. The molecule has 4 rings (SSSR count). The zero-order chi connectivity index (χ0) is 19.0. The van der Waals surface area contributed by atoms with Crippen molar-refractivity contribution in [3.05, 3.63) is 87.1 Å². The molecule has 0 unspecified atom stereocenters. The first-order valence-corrected chi connectivity index (χ1v) is 9.78. The highest BCUT2D eigenvalue weighted by Gasteiger charge is 2.43. The summed E-state index contributed by atoms with van der Waals surface area (Å²) in [4.78, 5) is 28.8. The number of thiophene rings is 1. The van der Waals surface area contributed by atoms with E-state index in [1.807, 2.05) is 35.7 Å². The second-order valence-electron chi connectivity index (χ2n) is 6.44. The average molecular weight is 397 g/mol. The Morgan fingerprint density at radius 1 is 1.07 bits per heavy atom. The Kier molecular flexibility index (Phi) is 4.72. The van der Waals surface area contributed by atoms with Crippen LogP contribution >= 0.6 is 22.9 Å². The van der Waals surface area contributed by atoms with E-state index in [-0.39, 0.29) is 17.9 Å². The molecule has 1 aliphatic heterocycles. The van der Waals surface area contributed by atoms with E-state index >= 15 is 0 Å². The van der Waals surface area contributed by atoms with Crippen LogP contribution < -0.4 is 5.32 Å². The minimum atomic E-state index is -0.502. The van der Waals surface area contributed by atoms with Crippen LogP contribution in [0.2, 0.25) is 5.02 Å².